The average molecular weight is 315 g/mol. The van der Waals surface area contributed by atoms with Gasteiger partial charge in [0.15, 0.2) is 0 Å². The van der Waals surface area contributed by atoms with Crippen LogP contribution in [0.5, 0.6) is 17.8 Å². The third kappa shape index (κ3) is 2.83. The number of methoxy groups -OCH3 is 1. The third-order valence-corrected chi connectivity index (χ3v) is 2.51. The molecule has 2 rings (SSSR count). The number of halogens is 2. The Morgan fingerprint density at radius 1 is 1.22 bits per heavy atom. The first-order valence-corrected chi connectivity index (χ1v) is 5.56. The highest BCUT2D eigenvalue weighted by atomic mass is 79.9. The molecule has 0 unspecified atom stereocenters. The summed E-state index contributed by atoms with van der Waals surface area (Å²) in [6.07, 6.45) is 0. The maximum absolute atomic E-state index is 12.9. The van der Waals surface area contributed by atoms with Crippen LogP contribution >= 0.6 is 15.9 Å². The van der Waals surface area contributed by atoms with E-state index in [9.17, 15) is 4.39 Å². The van der Waals surface area contributed by atoms with E-state index in [4.69, 9.17) is 15.2 Å². The molecule has 0 saturated carbocycles. The molecule has 2 aromatic rings. The first-order valence-electron chi connectivity index (χ1n) is 4.77. The van der Waals surface area contributed by atoms with Gasteiger partial charge in [0.05, 0.1) is 11.6 Å². The SMILES string of the molecule is COc1nc(N)nc(Oc2ccc(F)cc2Br)n1. The molecule has 0 amide bonds. The lowest BCUT2D eigenvalue weighted by Gasteiger charge is -2.07. The number of hydrogen-bond acceptors (Lipinski definition) is 6. The summed E-state index contributed by atoms with van der Waals surface area (Å²) in [6, 6.07) is 3.95. The lowest BCUT2D eigenvalue weighted by molar-refractivity contribution is 0.360. The van der Waals surface area contributed by atoms with Gasteiger partial charge in [-0.2, -0.15) is 9.97 Å². The van der Waals surface area contributed by atoms with Gasteiger partial charge in [-0.15, -0.1) is 4.98 Å². The maximum atomic E-state index is 12.9. The number of benzene rings is 1. The molecule has 0 bridgehead atoms. The van der Waals surface area contributed by atoms with Gasteiger partial charge in [-0.1, -0.05) is 0 Å². The molecule has 0 saturated heterocycles. The zero-order valence-corrected chi connectivity index (χ0v) is 10.8. The van der Waals surface area contributed by atoms with Crippen LogP contribution in [0.2, 0.25) is 0 Å². The molecule has 2 N–H and O–H groups in total. The van der Waals surface area contributed by atoms with E-state index in [0.29, 0.717) is 10.2 Å². The van der Waals surface area contributed by atoms with Crippen LogP contribution in [-0.4, -0.2) is 22.1 Å². The molecular formula is C10H8BrFN4O2. The van der Waals surface area contributed by atoms with Crippen molar-refractivity contribution in [1.82, 2.24) is 15.0 Å². The predicted molar refractivity (Wildman–Crippen MR) is 65.0 cm³/mol. The fourth-order valence-corrected chi connectivity index (χ4v) is 1.58. The number of ether oxygens (including phenoxy) is 2. The molecule has 0 radical (unpaired) electrons. The summed E-state index contributed by atoms with van der Waals surface area (Å²) in [6.45, 7) is 0. The van der Waals surface area contributed by atoms with E-state index in [0.717, 1.165) is 0 Å². The van der Waals surface area contributed by atoms with Gasteiger partial charge in [0.2, 0.25) is 5.95 Å². The Morgan fingerprint density at radius 2 is 1.94 bits per heavy atom. The largest absolute Gasteiger partial charge is 0.467 e. The van der Waals surface area contributed by atoms with Crippen LogP contribution in [0.25, 0.3) is 0 Å². The van der Waals surface area contributed by atoms with Crippen molar-refractivity contribution in [1.29, 1.82) is 0 Å². The van der Waals surface area contributed by atoms with E-state index in [1.165, 1.54) is 25.3 Å². The molecule has 0 aliphatic carbocycles. The topological polar surface area (TPSA) is 83.2 Å². The minimum Gasteiger partial charge on any atom is -0.467 e. The molecule has 0 atom stereocenters. The zero-order chi connectivity index (χ0) is 13.1. The summed E-state index contributed by atoms with van der Waals surface area (Å²) in [7, 11) is 1.40. The van der Waals surface area contributed by atoms with Crippen LogP contribution in [0.3, 0.4) is 0 Å². The summed E-state index contributed by atoms with van der Waals surface area (Å²) < 4.78 is 23.5. The Morgan fingerprint density at radius 3 is 2.61 bits per heavy atom. The van der Waals surface area contributed by atoms with E-state index < -0.39 is 0 Å². The van der Waals surface area contributed by atoms with Crippen LogP contribution in [0.15, 0.2) is 22.7 Å². The van der Waals surface area contributed by atoms with Crippen LogP contribution in [0, 0.1) is 5.82 Å². The Hall–Kier alpha value is -1.96. The van der Waals surface area contributed by atoms with Crippen LogP contribution in [0.4, 0.5) is 10.3 Å². The van der Waals surface area contributed by atoms with Crippen LogP contribution < -0.4 is 15.2 Å². The maximum Gasteiger partial charge on any atom is 0.330 e. The molecule has 1 aromatic heterocycles. The predicted octanol–water partition coefficient (Wildman–Crippen LogP) is 2.16. The fourth-order valence-electron chi connectivity index (χ4n) is 1.15. The molecule has 0 aliphatic rings. The number of nitrogens with zero attached hydrogens (tertiary/aromatic N) is 3. The third-order valence-electron chi connectivity index (χ3n) is 1.89. The highest BCUT2D eigenvalue weighted by Crippen LogP contribution is 2.29. The molecule has 0 fully saturated rings. The van der Waals surface area contributed by atoms with Crippen LogP contribution in [-0.2, 0) is 0 Å². The quantitative estimate of drug-likeness (QED) is 0.934. The lowest BCUT2D eigenvalue weighted by atomic mass is 10.3. The molecular weight excluding hydrogens is 307 g/mol. The monoisotopic (exact) mass is 314 g/mol. The van der Waals surface area contributed by atoms with Crippen molar-refractivity contribution in [3.8, 4) is 17.8 Å². The summed E-state index contributed by atoms with van der Waals surface area (Å²) >= 11 is 3.16. The molecule has 94 valence electrons. The molecule has 18 heavy (non-hydrogen) atoms. The summed E-state index contributed by atoms with van der Waals surface area (Å²) in [5.74, 6) is -0.0684. The smallest absolute Gasteiger partial charge is 0.330 e. The normalized spacial score (nSPS) is 10.2. The minimum atomic E-state index is -0.387. The van der Waals surface area contributed by atoms with Gasteiger partial charge in [-0.05, 0) is 34.1 Å². The van der Waals surface area contributed by atoms with Crippen molar-refractivity contribution in [2.75, 3.05) is 12.8 Å². The van der Waals surface area contributed by atoms with Gasteiger partial charge in [0, 0.05) is 0 Å². The van der Waals surface area contributed by atoms with Gasteiger partial charge in [0.25, 0.3) is 0 Å². The summed E-state index contributed by atoms with van der Waals surface area (Å²) in [4.78, 5) is 11.3. The van der Waals surface area contributed by atoms with E-state index in [1.807, 2.05) is 0 Å². The summed E-state index contributed by atoms with van der Waals surface area (Å²) in [5.41, 5.74) is 5.46. The number of nitrogen functional groups attached to an aromatic ring is 1. The van der Waals surface area contributed by atoms with E-state index in [2.05, 4.69) is 30.9 Å². The van der Waals surface area contributed by atoms with Crippen molar-refractivity contribution >= 4 is 21.9 Å². The second-order valence-electron chi connectivity index (χ2n) is 3.14. The lowest BCUT2D eigenvalue weighted by Crippen LogP contribution is -2.03. The molecule has 0 spiro atoms. The first-order chi connectivity index (χ1) is 8.58. The Labute approximate surface area is 110 Å². The van der Waals surface area contributed by atoms with Crippen molar-refractivity contribution < 1.29 is 13.9 Å². The average Bonchev–Trinajstić information content (AvgIpc) is 2.32. The van der Waals surface area contributed by atoms with Crippen molar-refractivity contribution in [2.45, 2.75) is 0 Å². The van der Waals surface area contributed by atoms with Crippen molar-refractivity contribution in [2.24, 2.45) is 0 Å². The standard InChI is InChI=1S/C10H8BrFN4O2/c1-17-9-14-8(13)15-10(16-9)18-7-3-2-5(12)4-6(7)11/h2-4H,1H3,(H2,13,14,15,16). The Kier molecular flexibility index (Phi) is 3.56. The Balaban J connectivity index is 2.30. The molecule has 1 heterocycles. The van der Waals surface area contributed by atoms with Gasteiger partial charge < -0.3 is 15.2 Å². The fraction of sp³-hybridized carbons (Fsp3) is 0.100. The minimum absolute atomic E-state index is 0.0323. The van der Waals surface area contributed by atoms with E-state index in [1.54, 1.807) is 0 Å². The summed E-state index contributed by atoms with van der Waals surface area (Å²) in [5, 5.41) is 0. The number of aromatic nitrogens is 3. The highest BCUT2D eigenvalue weighted by molar-refractivity contribution is 9.10. The number of rotatable bonds is 3. The van der Waals surface area contributed by atoms with Gasteiger partial charge in [-0.3, -0.25) is 0 Å². The molecule has 8 heteroatoms. The Bertz CT molecular complexity index is 582. The second kappa shape index (κ2) is 5.13. The molecule has 0 aliphatic heterocycles. The van der Waals surface area contributed by atoms with Gasteiger partial charge in [0.1, 0.15) is 11.6 Å². The molecule has 1 aromatic carbocycles. The second-order valence-corrected chi connectivity index (χ2v) is 3.99. The molecule has 6 nitrogen and oxygen atoms in total. The van der Waals surface area contributed by atoms with Gasteiger partial charge in [-0.25, -0.2) is 4.39 Å². The number of nitrogens with two attached hydrogens (primary N) is 1. The number of hydrogen-bond donors (Lipinski definition) is 1. The first kappa shape index (κ1) is 12.5. The van der Waals surface area contributed by atoms with Crippen molar-refractivity contribution in [3.05, 3.63) is 28.5 Å². The van der Waals surface area contributed by atoms with Gasteiger partial charge >= 0.3 is 12.0 Å². The van der Waals surface area contributed by atoms with Crippen molar-refractivity contribution in [3.63, 3.8) is 0 Å². The number of anilines is 1. The zero-order valence-electron chi connectivity index (χ0n) is 9.22. The van der Waals surface area contributed by atoms with E-state index in [-0.39, 0.29) is 23.8 Å². The van der Waals surface area contributed by atoms with E-state index >= 15 is 0 Å². The van der Waals surface area contributed by atoms with Crippen LogP contribution in [0.1, 0.15) is 0 Å². The highest BCUT2D eigenvalue weighted by Gasteiger charge is 2.09.